The summed E-state index contributed by atoms with van der Waals surface area (Å²) >= 11 is 0. The summed E-state index contributed by atoms with van der Waals surface area (Å²) in [5.41, 5.74) is 4.08. The smallest absolute Gasteiger partial charge is 0.305 e. The van der Waals surface area contributed by atoms with Crippen LogP contribution in [0.1, 0.15) is 49.7 Å². The van der Waals surface area contributed by atoms with Gasteiger partial charge in [-0.1, -0.05) is 18.2 Å². The first-order chi connectivity index (χ1) is 16.3. The van der Waals surface area contributed by atoms with E-state index in [1.165, 1.54) is 7.11 Å². The number of fused-ring (bicyclic) bond motifs is 1. The van der Waals surface area contributed by atoms with Crippen LogP contribution in [-0.4, -0.2) is 57.2 Å². The van der Waals surface area contributed by atoms with E-state index in [0.29, 0.717) is 5.71 Å². The van der Waals surface area contributed by atoms with E-state index in [4.69, 9.17) is 0 Å². The Morgan fingerprint density at radius 2 is 1.82 bits per heavy atom. The molecular formula is C22H27N5O7. The Hall–Kier alpha value is -3.83. The number of carbonyl (C=O) groups is 2. The lowest BCUT2D eigenvalue weighted by molar-refractivity contribution is -0.570. The lowest BCUT2D eigenvalue weighted by Crippen LogP contribution is -2.49. The molecule has 0 radical (unpaired) electrons. The van der Waals surface area contributed by atoms with Gasteiger partial charge in [0.2, 0.25) is 18.0 Å². The normalized spacial score (nSPS) is 20.6. The molecule has 0 saturated heterocycles. The number of benzene rings is 1. The number of hydrogen-bond acceptors (Lipinski definition) is 9. The Balaban J connectivity index is 1.69. The van der Waals surface area contributed by atoms with E-state index in [9.17, 15) is 29.8 Å². The maximum Gasteiger partial charge on any atom is 0.305 e. The summed E-state index contributed by atoms with van der Waals surface area (Å²) in [4.78, 5) is 46.0. The van der Waals surface area contributed by atoms with Crippen molar-refractivity contribution in [3.05, 3.63) is 56.8 Å². The molecule has 182 valence electrons. The second kappa shape index (κ2) is 11.3. The van der Waals surface area contributed by atoms with Crippen LogP contribution in [-0.2, 0) is 9.53 Å². The van der Waals surface area contributed by atoms with Crippen LogP contribution in [0.2, 0.25) is 0 Å². The predicted molar refractivity (Wildman–Crippen MR) is 123 cm³/mol. The summed E-state index contributed by atoms with van der Waals surface area (Å²) in [5, 5.41) is 27.8. The van der Waals surface area contributed by atoms with Crippen molar-refractivity contribution >= 4 is 28.5 Å². The molecule has 3 rings (SSSR count). The van der Waals surface area contributed by atoms with Crippen LogP contribution in [0.15, 0.2) is 41.6 Å². The van der Waals surface area contributed by atoms with Gasteiger partial charge in [0.05, 0.1) is 25.5 Å². The van der Waals surface area contributed by atoms with Gasteiger partial charge in [-0.05, 0) is 31.4 Å². The monoisotopic (exact) mass is 473 g/mol. The molecule has 1 aliphatic rings. The van der Waals surface area contributed by atoms with Crippen molar-refractivity contribution in [3.8, 4) is 0 Å². The molecule has 1 heterocycles. The maximum atomic E-state index is 12.8. The first-order valence-electron chi connectivity index (χ1n) is 11.0. The van der Waals surface area contributed by atoms with Crippen LogP contribution in [0.3, 0.4) is 0 Å². The molecule has 1 fully saturated rings. The molecular weight excluding hydrogens is 446 g/mol. The summed E-state index contributed by atoms with van der Waals surface area (Å²) in [7, 11) is 1.27. The van der Waals surface area contributed by atoms with E-state index in [2.05, 4.69) is 15.3 Å². The zero-order valence-electron chi connectivity index (χ0n) is 18.8. The van der Waals surface area contributed by atoms with Gasteiger partial charge in [-0.25, -0.2) is 0 Å². The van der Waals surface area contributed by atoms with Crippen LogP contribution in [0.4, 0.5) is 0 Å². The molecule has 0 spiro atoms. The molecule has 12 nitrogen and oxygen atoms in total. The summed E-state index contributed by atoms with van der Waals surface area (Å²) < 4.78 is 6.23. The van der Waals surface area contributed by atoms with Crippen molar-refractivity contribution in [2.45, 2.75) is 63.1 Å². The number of hydrogen-bond donors (Lipinski definition) is 1. The molecule has 2 aromatic rings. The number of esters is 1. The third-order valence-corrected chi connectivity index (χ3v) is 6.09. The van der Waals surface area contributed by atoms with Gasteiger partial charge >= 0.3 is 5.97 Å². The van der Waals surface area contributed by atoms with E-state index < -0.39 is 33.9 Å². The van der Waals surface area contributed by atoms with Crippen LogP contribution in [0.25, 0.3) is 10.9 Å². The van der Waals surface area contributed by atoms with E-state index in [-0.39, 0.29) is 50.9 Å². The molecule has 1 aliphatic carbocycles. The van der Waals surface area contributed by atoms with Crippen molar-refractivity contribution in [1.82, 2.24) is 9.99 Å². The Labute approximate surface area is 195 Å². The fraction of sp³-hybridized carbons (Fsp3) is 0.500. The van der Waals surface area contributed by atoms with Crippen molar-refractivity contribution in [3.63, 3.8) is 0 Å². The van der Waals surface area contributed by atoms with Gasteiger partial charge < -0.3 is 10.2 Å². The molecule has 0 amide bonds. The lowest BCUT2D eigenvalue weighted by Gasteiger charge is -2.27. The van der Waals surface area contributed by atoms with Crippen molar-refractivity contribution in [1.29, 1.82) is 0 Å². The highest BCUT2D eigenvalue weighted by Gasteiger charge is 2.43. The molecule has 3 unspecified atom stereocenters. The number of nitro groups is 2. The van der Waals surface area contributed by atoms with Gasteiger partial charge in [0.1, 0.15) is 6.04 Å². The van der Waals surface area contributed by atoms with Gasteiger partial charge in [0, 0.05) is 40.0 Å². The average molecular weight is 473 g/mol. The number of para-hydroxylation sites is 1. The first kappa shape index (κ1) is 24.8. The number of nitrogens with one attached hydrogen (secondary N) is 1. The predicted octanol–water partition coefficient (Wildman–Crippen LogP) is 2.80. The van der Waals surface area contributed by atoms with E-state index in [1.54, 1.807) is 10.8 Å². The number of carbonyl (C=O) groups excluding carboxylic acids is 2. The molecule has 1 aromatic heterocycles. The second-order valence-electron chi connectivity index (χ2n) is 8.23. The lowest BCUT2D eigenvalue weighted by atomic mass is 9.88. The highest BCUT2D eigenvalue weighted by molar-refractivity contribution is 5.95. The molecule has 0 aliphatic heterocycles. The Morgan fingerprint density at radius 3 is 2.53 bits per heavy atom. The number of nitrogens with zero attached hydrogens (tertiary/aromatic N) is 4. The van der Waals surface area contributed by atoms with Gasteiger partial charge in [0.15, 0.2) is 0 Å². The highest BCUT2D eigenvalue weighted by Crippen LogP contribution is 2.24. The minimum atomic E-state index is -1.15. The first-order valence-corrected chi connectivity index (χ1v) is 11.0. The zero-order valence-corrected chi connectivity index (χ0v) is 18.8. The quantitative estimate of drug-likeness (QED) is 0.239. The highest BCUT2D eigenvalue weighted by atomic mass is 16.6. The molecule has 0 bridgehead atoms. The van der Waals surface area contributed by atoms with Gasteiger partial charge in [-0.3, -0.25) is 34.4 Å². The van der Waals surface area contributed by atoms with Gasteiger partial charge in [-0.2, -0.15) is 5.10 Å². The fourth-order valence-electron chi connectivity index (χ4n) is 4.13. The fourth-order valence-corrected chi connectivity index (χ4v) is 4.13. The minimum absolute atomic E-state index is 0.0460. The van der Waals surface area contributed by atoms with E-state index in [1.807, 2.05) is 30.3 Å². The van der Waals surface area contributed by atoms with Gasteiger partial charge in [0.25, 0.3) is 0 Å². The molecule has 34 heavy (non-hydrogen) atoms. The van der Waals surface area contributed by atoms with Crippen molar-refractivity contribution in [2.75, 3.05) is 7.11 Å². The van der Waals surface area contributed by atoms with Gasteiger partial charge in [-0.15, -0.1) is 0 Å². The zero-order chi connectivity index (χ0) is 24.7. The third kappa shape index (κ3) is 6.15. The van der Waals surface area contributed by atoms with Crippen LogP contribution < -0.4 is 5.43 Å². The standard InChI is InChI=1S/C22H27N5O7/c1-34-22(29)11-7-16(6-10-21(28)25-13-12-15-4-2-3-5-19(15)25)23-24-18-9-8-17(26(30)31)14-20(18)27(32)33/h2-5,12-13,17-18,20,24H,6-11,14H2,1H3. The van der Waals surface area contributed by atoms with Crippen molar-refractivity contribution < 1.29 is 24.2 Å². The largest absolute Gasteiger partial charge is 0.469 e. The van der Waals surface area contributed by atoms with E-state index in [0.717, 1.165) is 10.9 Å². The Morgan fingerprint density at radius 1 is 1.09 bits per heavy atom. The molecule has 1 saturated carbocycles. The second-order valence-corrected chi connectivity index (χ2v) is 8.23. The third-order valence-electron chi connectivity index (χ3n) is 6.09. The minimum Gasteiger partial charge on any atom is -0.469 e. The molecule has 1 N–H and O–H groups in total. The molecule has 1 aromatic carbocycles. The summed E-state index contributed by atoms with van der Waals surface area (Å²) in [5.74, 6) is -0.591. The molecule has 12 heteroatoms. The number of rotatable bonds is 10. The average Bonchev–Trinajstić information content (AvgIpc) is 3.27. The topological polar surface area (TPSA) is 159 Å². The number of ether oxygens (including phenoxy) is 1. The Bertz CT molecular complexity index is 1100. The summed E-state index contributed by atoms with van der Waals surface area (Å²) in [6.45, 7) is 0. The SMILES string of the molecule is COC(=O)CCC(CCC(=O)n1ccc2ccccc21)=NNC1CCC([N+](=O)[O-])CC1[N+](=O)[O-]. The summed E-state index contributed by atoms with van der Waals surface area (Å²) in [6.07, 6.45) is 2.57. The maximum absolute atomic E-state index is 12.8. The van der Waals surface area contributed by atoms with Crippen LogP contribution in [0.5, 0.6) is 0 Å². The summed E-state index contributed by atoms with van der Waals surface area (Å²) in [6, 6.07) is 6.55. The molecule has 3 atom stereocenters. The number of hydrazone groups is 1. The van der Waals surface area contributed by atoms with Crippen LogP contribution >= 0.6 is 0 Å². The number of aromatic nitrogens is 1. The number of methoxy groups -OCH3 is 1. The van der Waals surface area contributed by atoms with Crippen molar-refractivity contribution in [2.24, 2.45) is 5.10 Å². The van der Waals surface area contributed by atoms with E-state index >= 15 is 0 Å². The van der Waals surface area contributed by atoms with Crippen LogP contribution in [0, 0.1) is 20.2 Å². The Kier molecular flexibility index (Phi) is 8.28.